The Morgan fingerprint density at radius 2 is 2.06 bits per heavy atom. The first-order valence-corrected chi connectivity index (χ1v) is 7.63. The molecule has 0 bridgehead atoms. The molecule has 0 saturated heterocycles. The molecule has 102 valence electrons. The van der Waals surface area contributed by atoms with Crippen molar-refractivity contribution in [1.29, 1.82) is 0 Å². The van der Waals surface area contributed by atoms with Gasteiger partial charge in [-0.2, -0.15) is 0 Å². The molecule has 0 heterocycles. The molecular weight excluding hydrogens is 288 g/mol. The lowest BCUT2D eigenvalue weighted by Gasteiger charge is -2.30. The van der Waals surface area contributed by atoms with Crippen LogP contribution >= 0.6 is 15.9 Å². The Hall–Kier alpha value is -0.380. The van der Waals surface area contributed by atoms with Crippen molar-refractivity contribution < 1.29 is 0 Å². The van der Waals surface area contributed by atoms with Crippen LogP contribution in [0.2, 0.25) is 0 Å². The van der Waals surface area contributed by atoms with E-state index in [1.165, 1.54) is 28.4 Å². The summed E-state index contributed by atoms with van der Waals surface area (Å²) in [6, 6.07) is 6.90. The second-order valence-electron chi connectivity index (χ2n) is 4.74. The van der Waals surface area contributed by atoms with E-state index < -0.39 is 0 Å². The van der Waals surface area contributed by atoms with Crippen molar-refractivity contribution >= 4 is 15.9 Å². The van der Waals surface area contributed by atoms with Gasteiger partial charge in [-0.1, -0.05) is 48.3 Å². The molecule has 0 saturated carbocycles. The predicted molar refractivity (Wildman–Crippen MR) is 82.8 cm³/mol. The molecule has 0 amide bonds. The number of unbranched alkanes of at least 4 members (excludes halogenated alkanes) is 1. The highest BCUT2D eigenvalue weighted by molar-refractivity contribution is 9.10. The van der Waals surface area contributed by atoms with Crippen molar-refractivity contribution in [3.63, 3.8) is 0 Å². The maximum absolute atomic E-state index is 5.99. The monoisotopic (exact) mass is 312 g/mol. The minimum absolute atomic E-state index is 0.341. The lowest BCUT2D eigenvalue weighted by Crippen LogP contribution is -2.34. The number of hydrogen-bond acceptors (Lipinski definition) is 2. The number of nitrogens with two attached hydrogens (primary N) is 1. The van der Waals surface area contributed by atoms with Crippen molar-refractivity contribution in [2.24, 2.45) is 5.73 Å². The van der Waals surface area contributed by atoms with Crippen molar-refractivity contribution in [3.8, 4) is 0 Å². The molecule has 0 aliphatic carbocycles. The minimum Gasteiger partial charge on any atom is -0.329 e. The van der Waals surface area contributed by atoms with Crippen LogP contribution in [0.3, 0.4) is 0 Å². The Morgan fingerprint density at radius 3 is 2.56 bits per heavy atom. The third kappa shape index (κ3) is 4.08. The van der Waals surface area contributed by atoms with E-state index in [1.807, 2.05) is 0 Å². The summed E-state index contributed by atoms with van der Waals surface area (Å²) < 4.78 is 1.17. The Bertz CT molecular complexity index is 366. The van der Waals surface area contributed by atoms with Crippen LogP contribution in [0.1, 0.15) is 43.9 Å². The van der Waals surface area contributed by atoms with Gasteiger partial charge in [0.2, 0.25) is 0 Å². The number of benzene rings is 1. The third-order valence-corrected chi connectivity index (χ3v) is 4.33. The van der Waals surface area contributed by atoms with E-state index in [4.69, 9.17) is 5.73 Å². The Kier molecular flexibility index (Phi) is 6.90. The van der Waals surface area contributed by atoms with Crippen LogP contribution in [0.5, 0.6) is 0 Å². The maximum atomic E-state index is 5.99. The molecule has 2 N–H and O–H groups in total. The second-order valence-corrected chi connectivity index (χ2v) is 5.60. The van der Waals surface area contributed by atoms with Gasteiger partial charge in [0, 0.05) is 17.1 Å². The smallest absolute Gasteiger partial charge is 0.0470 e. The van der Waals surface area contributed by atoms with Crippen LogP contribution in [0.25, 0.3) is 0 Å². The quantitative estimate of drug-likeness (QED) is 0.828. The van der Waals surface area contributed by atoms with Gasteiger partial charge >= 0.3 is 0 Å². The summed E-state index contributed by atoms with van der Waals surface area (Å²) in [5.74, 6) is 0. The fourth-order valence-electron chi connectivity index (χ4n) is 2.27. The molecule has 0 aliphatic rings. The topological polar surface area (TPSA) is 29.3 Å². The zero-order valence-electron chi connectivity index (χ0n) is 11.7. The molecular formula is C15H25BrN2. The number of hydrogen-bond donors (Lipinski definition) is 1. The molecule has 1 rings (SSSR count). The molecule has 1 aromatic carbocycles. The molecule has 1 unspecified atom stereocenters. The van der Waals surface area contributed by atoms with Gasteiger partial charge in [0.15, 0.2) is 0 Å². The number of rotatable bonds is 7. The highest BCUT2D eigenvalue weighted by atomic mass is 79.9. The molecule has 0 spiro atoms. The first-order valence-electron chi connectivity index (χ1n) is 6.84. The largest absolute Gasteiger partial charge is 0.329 e. The van der Waals surface area contributed by atoms with Gasteiger partial charge in [-0.25, -0.2) is 0 Å². The van der Waals surface area contributed by atoms with E-state index in [0.717, 1.165) is 13.1 Å². The Morgan fingerprint density at radius 1 is 1.33 bits per heavy atom. The zero-order chi connectivity index (χ0) is 13.5. The predicted octanol–water partition coefficient (Wildman–Crippen LogP) is 3.88. The van der Waals surface area contributed by atoms with E-state index in [-0.39, 0.29) is 0 Å². The number of halogens is 1. The minimum atomic E-state index is 0.341. The van der Waals surface area contributed by atoms with Gasteiger partial charge in [-0.05, 0) is 43.6 Å². The number of aryl methyl sites for hydroxylation is 1. The van der Waals surface area contributed by atoms with Crippen LogP contribution < -0.4 is 5.73 Å². The summed E-state index contributed by atoms with van der Waals surface area (Å²) in [5, 5.41) is 0. The average Bonchev–Trinajstić information content (AvgIpc) is 2.38. The van der Waals surface area contributed by atoms with E-state index in [9.17, 15) is 0 Å². The fourth-order valence-corrected chi connectivity index (χ4v) is 2.51. The highest BCUT2D eigenvalue weighted by Crippen LogP contribution is 2.24. The van der Waals surface area contributed by atoms with E-state index >= 15 is 0 Å². The average molecular weight is 313 g/mol. The molecule has 0 aromatic heterocycles. The molecule has 0 radical (unpaired) electrons. The van der Waals surface area contributed by atoms with Crippen LogP contribution in [-0.4, -0.2) is 24.5 Å². The van der Waals surface area contributed by atoms with E-state index in [2.05, 4.69) is 59.8 Å². The van der Waals surface area contributed by atoms with Crippen LogP contribution in [0.4, 0.5) is 0 Å². The SMILES string of the molecule is CCCCN(CC)C(CN)c1ccc(Br)c(C)c1. The maximum Gasteiger partial charge on any atom is 0.0470 e. The van der Waals surface area contributed by atoms with Gasteiger partial charge in [0.05, 0.1) is 0 Å². The first-order chi connectivity index (χ1) is 8.63. The molecule has 1 atom stereocenters. The summed E-state index contributed by atoms with van der Waals surface area (Å²) in [5.41, 5.74) is 8.59. The summed E-state index contributed by atoms with van der Waals surface area (Å²) in [7, 11) is 0. The molecule has 1 aromatic rings. The normalized spacial score (nSPS) is 13.0. The Balaban J connectivity index is 2.88. The molecule has 3 heteroatoms. The lowest BCUT2D eigenvalue weighted by molar-refractivity contribution is 0.209. The van der Waals surface area contributed by atoms with Crippen LogP contribution in [0.15, 0.2) is 22.7 Å². The fraction of sp³-hybridized carbons (Fsp3) is 0.600. The third-order valence-electron chi connectivity index (χ3n) is 3.44. The van der Waals surface area contributed by atoms with Gasteiger partial charge in [0.25, 0.3) is 0 Å². The Labute approximate surface area is 120 Å². The van der Waals surface area contributed by atoms with Gasteiger partial charge in [-0.15, -0.1) is 0 Å². The summed E-state index contributed by atoms with van der Waals surface area (Å²) >= 11 is 3.55. The highest BCUT2D eigenvalue weighted by Gasteiger charge is 2.17. The zero-order valence-corrected chi connectivity index (χ0v) is 13.3. The lowest BCUT2D eigenvalue weighted by atomic mass is 10.0. The molecule has 0 aliphatic heterocycles. The van der Waals surface area contributed by atoms with Crippen LogP contribution in [0, 0.1) is 6.92 Å². The first kappa shape index (κ1) is 15.7. The number of nitrogens with zero attached hydrogens (tertiary/aromatic N) is 1. The summed E-state index contributed by atoms with van der Waals surface area (Å²) in [6.07, 6.45) is 2.47. The molecule has 2 nitrogen and oxygen atoms in total. The van der Waals surface area contributed by atoms with E-state index in [0.29, 0.717) is 12.6 Å². The van der Waals surface area contributed by atoms with Gasteiger partial charge < -0.3 is 5.73 Å². The standard InChI is InChI=1S/C15H25BrN2/c1-4-6-9-18(5-2)15(11-17)13-7-8-14(16)12(3)10-13/h7-8,10,15H,4-6,9,11,17H2,1-3H3. The van der Waals surface area contributed by atoms with Gasteiger partial charge in [-0.3, -0.25) is 4.90 Å². The van der Waals surface area contributed by atoms with E-state index in [1.54, 1.807) is 0 Å². The van der Waals surface area contributed by atoms with Crippen molar-refractivity contribution in [1.82, 2.24) is 4.90 Å². The van der Waals surface area contributed by atoms with Crippen molar-refractivity contribution in [3.05, 3.63) is 33.8 Å². The molecule has 18 heavy (non-hydrogen) atoms. The summed E-state index contributed by atoms with van der Waals surface area (Å²) in [6.45, 7) is 9.43. The van der Waals surface area contributed by atoms with Crippen molar-refractivity contribution in [2.75, 3.05) is 19.6 Å². The van der Waals surface area contributed by atoms with Crippen molar-refractivity contribution in [2.45, 2.75) is 39.7 Å². The van der Waals surface area contributed by atoms with Crippen LogP contribution in [-0.2, 0) is 0 Å². The number of likely N-dealkylation sites (N-methyl/N-ethyl adjacent to an activating group) is 1. The summed E-state index contributed by atoms with van der Waals surface area (Å²) in [4.78, 5) is 2.48. The molecule has 0 fully saturated rings. The van der Waals surface area contributed by atoms with Gasteiger partial charge in [0.1, 0.15) is 0 Å². The second kappa shape index (κ2) is 7.93.